The molecule has 3 aromatic rings. The maximum absolute atomic E-state index is 13.1. The average Bonchev–Trinajstić information content (AvgIpc) is 3.55. The molecule has 0 amide bonds. The Morgan fingerprint density at radius 3 is 2.63 bits per heavy atom. The second kappa shape index (κ2) is 6.20. The van der Waals surface area contributed by atoms with Gasteiger partial charge in [-0.15, -0.1) is 0 Å². The summed E-state index contributed by atoms with van der Waals surface area (Å²) >= 11 is 0. The van der Waals surface area contributed by atoms with Gasteiger partial charge in [-0.2, -0.15) is 0 Å². The van der Waals surface area contributed by atoms with E-state index in [2.05, 4.69) is 6.07 Å². The summed E-state index contributed by atoms with van der Waals surface area (Å²) in [4.78, 5) is 24.4. The number of aromatic carboxylic acids is 1. The number of carboxylic acid groups (broad SMARTS) is 1. The molecule has 2 fully saturated rings. The molecule has 0 atom stereocenters. The number of carboxylic acids is 1. The Morgan fingerprint density at radius 2 is 1.93 bits per heavy atom. The van der Waals surface area contributed by atoms with Gasteiger partial charge in [0.05, 0.1) is 22.9 Å². The van der Waals surface area contributed by atoms with Crippen LogP contribution in [-0.4, -0.2) is 17.7 Å². The van der Waals surface area contributed by atoms with Gasteiger partial charge in [0, 0.05) is 12.2 Å². The summed E-state index contributed by atoms with van der Waals surface area (Å²) in [6, 6.07) is 8.43. The van der Waals surface area contributed by atoms with Crippen molar-refractivity contribution in [1.82, 2.24) is 0 Å². The number of hydrogen-bond acceptors (Lipinski definition) is 4. The van der Waals surface area contributed by atoms with E-state index in [9.17, 15) is 14.7 Å². The van der Waals surface area contributed by atoms with Gasteiger partial charge in [0.1, 0.15) is 11.2 Å². The van der Waals surface area contributed by atoms with Crippen molar-refractivity contribution in [3.8, 4) is 0 Å². The summed E-state index contributed by atoms with van der Waals surface area (Å²) in [6.07, 6.45) is 4.73. The first kappa shape index (κ1) is 16.5. The summed E-state index contributed by atoms with van der Waals surface area (Å²) < 4.78 is 11.9. The van der Waals surface area contributed by atoms with Gasteiger partial charge in [-0.1, -0.05) is 0 Å². The fraction of sp³-hybridized carbons (Fsp3) is 0.364. The summed E-state index contributed by atoms with van der Waals surface area (Å²) in [7, 11) is 0. The molecule has 2 saturated carbocycles. The Bertz CT molecular complexity index is 1120. The molecule has 0 aliphatic heterocycles. The number of carbonyl (C=O) groups is 1. The highest BCUT2D eigenvalue weighted by molar-refractivity contribution is 5.96. The lowest BCUT2D eigenvalue weighted by Gasteiger charge is -2.11. The molecule has 27 heavy (non-hydrogen) atoms. The van der Waals surface area contributed by atoms with Crippen LogP contribution in [0.2, 0.25) is 0 Å². The molecule has 2 aliphatic rings. The predicted molar refractivity (Wildman–Crippen MR) is 101 cm³/mol. The number of ether oxygens (including phenoxy) is 1. The van der Waals surface area contributed by atoms with Crippen LogP contribution >= 0.6 is 0 Å². The molecule has 0 radical (unpaired) electrons. The van der Waals surface area contributed by atoms with Crippen molar-refractivity contribution in [2.45, 2.75) is 38.2 Å². The molecule has 5 heteroatoms. The predicted octanol–water partition coefficient (Wildman–Crippen LogP) is 4.45. The Labute approximate surface area is 155 Å². The fourth-order valence-corrected chi connectivity index (χ4v) is 3.57. The smallest absolute Gasteiger partial charge is 0.335 e. The molecule has 0 bridgehead atoms. The van der Waals surface area contributed by atoms with Crippen LogP contribution in [0.25, 0.3) is 21.9 Å². The highest BCUT2D eigenvalue weighted by Gasteiger charge is 2.26. The average molecular weight is 364 g/mol. The summed E-state index contributed by atoms with van der Waals surface area (Å²) in [5, 5.41) is 10.0. The second-order valence-corrected chi connectivity index (χ2v) is 7.74. The summed E-state index contributed by atoms with van der Waals surface area (Å²) in [5.74, 6) is 0.111. The van der Waals surface area contributed by atoms with E-state index in [0.717, 1.165) is 30.6 Å². The van der Waals surface area contributed by atoms with Gasteiger partial charge in [-0.3, -0.25) is 4.79 Å². The Hall–Kier alpha value is -2.66. The van der Waals surface area contributed by atoms with Gasteiger partial charge < -0.3 is 14.3 Å². The zero-order chi connectivity index (χ0) is 18.5. The van der Waals surface area contributed by atoms with Gasteiger partial charge in [0.25, 0.3) is 0 Å². The normalized spacial score (nSPS) is 16.9. The van der Waals surface area contributed by atoms with Crippen LogP contribution in [0.15, 0.2) is 39.5 Å². The van der Waals surface area contributed by atoms with Crippen molar-refractivity contribution in [2.75, 3.05) is 6.61 Å². The Kier molecular flexibility index (Phi) is 3.79. The molecular weight excluding hydrogens is 344 g/mol. The molecule has 0 unspecified atom stereocenters. The van der Waals surface area contributed by atoms with Crippen molar-refractivity contribution in [3.05, 3.63) is 57.2 Å². The monoisotopic (exact) mass is 364 g/mol. The largest absolute Gasteiger partial charge is 0.478 e. The van der Waals surface area contributed by atoms with Crippen LogP contribution in [0.4, 0.5) is 0 Å². The molecule has 5 rings (SSSR count). The van der Waals surface area contributed by atoms with Crippen LogP contribution in [0.1, 0.15) is 53.1 Å². The molecule has 1 N–H and O–H groups in total. The van der Waals surface area contributed by atoms with Crippen molar-refractivity contribution in [1.29, 1.82) is 0 Å². The lowest BCUT2D eigenvalue weighted by atomic mass is 10.0. The first-order chi connectivity index (χ1) is 13.1. The summed E-state index contributed by atoms with van der Waals surface area (Å²) in [6.45, 7) is 1.17. The number of fused-ring (bicyclic) bond motifs is 2. The third-order valence-corrected chi connectivity index (χ3v) is 5.47. The van der Waals surface area contributed by atoms with Crippen molar-refractivity contribution >= 4 is 27.9 Å². The van der Waals surface area contributed by atoms with Gasteiger partial charge >= 0.3 is 5.97 Å². The van der Waals surface area contributed by atoms with Crippen molar-refractivity contribution in [3.63, 3.8) is 0 Å². The second-order valence-electron chi connectivity index (χ2n) is 7.74. The molecular formula is C22H20O5. The minimum atomic E-state index is -1.06. The number of benzene rings is 2. The van der Waals surface area contributed by atoms with Gasteiger partial charge in [0.2, 0.25) is 5.43 Å². The van der Waals surface area contributed by atoms with Crippen LogP contribution < -0.4 is 5.43 Å². The van der Waals surface area contributed by atoms with Crippen molar-refractivity contribution in [2.24, 2.45) is 5.92 Å². The number of hydrogen-bond donors (Lipinski definition) is 1. The lowest BCUT2D eigenvalue weighted by Crippen LogP contribution is -2.07. The first-order valence-electron chi connectivity index (χ1n) is 9.44. The van der Waals surface area contributed by atoms with Crippen LogP contribution in [0, 0.1) is 5.92 Å². The SMILES string of the molecule is O=C(O)c1ccc2oc3c(COCC4CC4)cc(C4CC4)cc3c(=O)c2c1. The highest BCUT2D eigenvalue weighted by atomic mass is 16.5. The fourth-order valence-electron chi connectivity index (χ4n) is 3.57. The molecule has 0 spiro atoms. The maximum atomic E-state index is 13.1. The van der Waals surface area contributed by atoms with Crippen LogP contribution in [-0.2, 0) is 11.3 Å². The van der Waals surface area contributed by atoms with E-state index in [-0.39, 0.29) is 11.0 Å². The molecule has 5 nitrogen and oxygen atoms in total. The van der Waals surface area contributed by atoms with Gasteiger partial charge in [-0.05, 0) is 73.4 Å². The van der Waals surface area contributed by atoms with Gasteiger partial charge in [0.15, 0.2) is 0 Å². The maximum Gasteiger partial charge on any atom is 0.335 e. The van der Waals surface area contributed by atoms with Crippen molar-refractivity contribution < 1.29 is 19.1 Å². The van der Waals surface area contributed by atoms with E-state index in [1.165, 1.54) is 25.0 Å². The standard InChI is InChI=1S/C22H20O5/c23-20-17-8-14(22(24)25)5-6-19(17)27-21-16(11-26-10-12-1-2-12)7-15(9-18(20)21)13-3-4-13/h5-9,12-13H,1-4,10-11H2,(H,24,25). The van der Waals surface area contributed by atoms with Crippen LogP contribution in [0.3, 0.4) is 0 Å². The minimum Gasteiger partial charge on any atom is -0.478 e. The van der Waals surface area contributed by atoms with E-state index in [4.69, 9.17) is 9.15 Å². The molecule has 2 aliphatic carbocycles. The van der Waals surface area contributed by atoms with E-state index in [1.54, 1.807) is 6.07 Å². The van der Waals surface area contributed by atoms with E-state index in [1.807, 2.05) is 6.07 Å². The topological polar surface area (TPSA) is 76.7 Å². The Balaban J connectivity index is 1.67. The summed E-state index contributed by atoms with van der Waals surface area (Å²) in [5.41, 5.74) is 2.90. The zero-order valence-corrected chi connectivity index (χ0v) is 14.9. The third-order valence-electron chi connectivity index (χ3n) is 5.47. The van der Waals surface area contributed by atoms with E-state index < -0.39 is 5.97 Å². The highest BCUT2D eigenvalue weighted by Crippen LogP contribution is 2.42. The minimum absolute atomic E-state index is 0.0838. The number of rotatable bonds is 6. The zero-order valence-electron chi connectivity index (χ0n) is 14.9. The molecule has 1 heterocycles. The van der Waals surface area contributed by atoms with E-state index in [0.29, 0.717) is 40.4 Å². The van der Waals surface area contributed by atoms with Crippen LogP contribution in [0.5, 0.6) is 0 Å². The first-order valence-corrected chi connectivity index (χ1v) is 9.44. The quantitative estimate of drug-likeness (QED) is 0.654. The molecule has 0 saturated heterocycles. The molecule has 1 aromatic heterocycles. The Morgan fingerprint density at radius 1 is 1.11 bits per heavy atom. The molecule has 138 valence electrons. The van der Waals surface area contributed by atoms with E-state index >= 15 is 0 Å². The lowest BCUT2D eigenvalue weighted by molar-refractivity contribution is 0.0697. The van der Waals surface area contributed by atoms with Gasteiger partial charge in [-0.25, -0.2) is 4.79 Å². The molecule has 2 aromatic carbocycles. The third kappa shape index (κ3) is 3.12.